The molecule has 1 heterocycles. The highest BCUT2D eigenvalue weighted by molar-refractivity contribution is 5.52. The summed E-state index contributed by atoms with van der Waals surface area (Å²) in [7, 11) is 2.89. The quantitative estimate of drug-likeness (QED) is 0.574. The summed E-state index contributed by atoms with van der Waals surface area (Å²) in [6.07, 6.45) is 0.641. The van der Waals surface area contributed by atoms with Gasteiger partial charge in [-0.25, -0.2) is 0 Å². The van der Waals surface area contributed by atoms with Crippen LogP contribution < -0.4 is 9.47 Å². The number of phenols is 3. The van der Waals surface area contributed by atoms with E-state index in [1.807, 2.05) is 0 Å². The van der Waals surface area contributed by atoms with Crippen LogP contribution in [-0.2, 0) is 11.2 Å². The summed E-state index contributed by atoms with van der Waals surface area (Å²) in [4.78, 5) is 0. The first-order valence-corrected chi connectivity index (χ1v) is 8.68. The number of aliphatic hydroxyl groups is 1. The third kappa shape index (κ3) is 3.89. The molecule has 3 unspecified atom stereocenters. The molecule has 0 aliphatic carbocycles. The lowest BCUT2D eigenvalue weighted by Gasteiger charge is -2.19. The first-order valence-electron chi connectivity index (χ1n) is 8.68. The van der Waals surface area contributed by atoms with Crippen molar-refractivity contribution in [2.75, 3.05) is 20.8 Å². The highest BCUT2D eigenvalue weighted by atomic mass is 16.5. The zero-order chi connectivity index (χ0) is 19.6. The van der Waals surface area contributed by atoms with Crippen molar-refractivity contribution in [3.05, 3.63) is 41.5 Å². The van der Waals surface area contributed by atoms with Crippen LogP contribution in [0, 0.1) is 5.92 Å². The summed E-state index contributed by atoms with van der Waals surface area (Å²) in [6.45, 7) is -0.0655. The molecule has 4 N–H and O–H groups in total. The number of hydrogen-bond donors (Lipinski definition) is 4. The van der Waals surface area contributed by atoms with Crippen LogP contribution in [-0.4, -0.2) is 47.4 Å². The number of aliphatic hydroxyl groups excluding tert-OH is 1. The van der Waals surface area contributed by atoms with Crippen LogP contribution in [0.25, 0.3) is 0 Å². The lowest BCUT2D eigenvalue weighted by atomic mass is 9.93. The fraction of sp³-hybridized carbons (Fsp3) is 0.400. The second kappa shape index (κ2) is 7.94. The van der Waals surface area contributed by atoms with Crippen molar-refractivity contribution in [2.24, 2.45) is 5.92 Å². The number of ether oxygens (including phenoxy) is 3. The fourth-order valence-corrected chi connectivity index (χ4v) is 3.53. The maximum atomic E-state index is 9.93. The second-order valence-corrected chi connectivity index (χ2v) is 6.66. The van der Waals surface area contributed by atoms with Crippen molar-refractivity contribution in [3.8, 4) is 28.7 Å². The van der Waals surface area contributed by atoms with Crippen molar-refractivity contribution >= 4 is 0 Å². The fourth-order valence-electron chi connectivity index (χ4n) is 3.53. The number of rotatable bonds is 6. The summed E-state index contributed by atoms with van der Waals surface area (Å²) < 4.78 is 16.4. The Bertz CT molecular complexity index is 805. The Labute approximate surface area is 157 Å². The largest absolute Gasteiger partial charge is 0.504 e. The summed E-state index contributed by atoms with van der Waals surface area (Å²) >= 11 is 0. The molecule has 2 aromatic carbocycles. The predicted octanol–water partition coefficient (Wildman–Crippen LogP) is 2.50. The Morgan fingerprint density at radius 1 is 1.00 bits per heavy atom. The molecule has 0 bridgehead atoms. The normalized spacial score (nSPS) is 22.0. The van der Waals surface area contributed by atoms with Gasteiger partial charge in [-0.2, -0.15) is 0 Å². The van der Waals surface area contributed by atoms with Gasteiger partial charge in [0.1, 0.15) is 0 Å². The minimum absolute atomic E-state index is 0.0655. The van der Waals surface area contributed by atoms with Gasteiger partial charge in [0.25, 0.3) is 0 Å². The van der Waals surface area contributed by atoms with E-state index in [0.717, 1.165) is 5.56 Å². The highest BCUT2D eigenvalue weighted by Gasteiger charge is 2.36. The van der Waals surface area contributed by atoms with Gasteiger partial charge < -0.3 is 34.6 Å². The maximum Gasteiger partial charge on any atom is 0.200 e. The van der Waals surface area contributed by atoms with Crippen LogP contribution in [0.1, 0.15) is 23.7 Å². The predicted molar refractivity (Wildman–Crippen MR) is 97.5 cm³/mol. The molecular formula is C20H24O7. The number of phenolic OH excluding ortho intramolecular Hbond substituents is 3. The molecule has 0 spiro atoms. The average molecular weight is 376 g/mol. The molecule has 27 heavy (non-hydrogen) atoms. The summed E-state index contributed by atoms with van der Waals surface area (Å²) in [5.41, 5.74) is 1.57. The lowest BCUT2D eigenvalue weighted by Crippen LogP contribution is -2.11. The molecule has 1 aliphatic heterocycles. The van der Waals surface area contributed by atoms with Crippen molar-refractivity contribution in [1.29, 1.82) is 0 Å². The molecular weight excluding hydrogens is 352 g/mol. The number of hydrogen-bond acceptors (Lipinski definition) is 7. The monoisotopic (exact) mass is 376 g/mol. The van der Waals surface area contributed by atoms with E-state index in [2.05, 4.69) is 0 Å². The van der Waals surface area contributed by atoms with E-state index in [4.69, 9.17) is 14.2 Å². The van der Waals surface area contributed by atoms with Crippen LogP contribution in [0.4, 0.5) is 0 Å². The van der Waals surface area contributed by atoms with Gasteiger partial charge in [-0.15, -0.1) is 0 Å². The molecule has 2 aromatic rings. The molecule has 7 heteroatoms. The third-order valence-corrected chi connectivity index (χ3v) is 4.90. The first-order chi connectivity index (χ1) is 13.0. The Hall–Kier alpha value is -2.64. The zero-order valence-corrected chi connectivity index (χ0v) is 15.3. The molecule has 1 fully saturated rings. The molecule has 7 nitrogen and oxygen atoms in total. The van der Waals surface area contributed by atoms with E-state index in [1.165, 1.54) is 20.3 Å². The molecule has 0 radical (unpaired) electrons. The smallest absolute Gasteiger partial charge is 0.200 e. The minimum Gasteiger partial charge on any atom is -0.504 e. The lowest BCUT2D eigenvalue weighted by molar-refractivity contribution is 0.0257. The van der Waals surface area contributed by atoms with Gasteiger partial charge in [0.05, 0.1) is 26.4 Å². The van der Waals surface area contributed by atoms with E-state index in [-0.39, 0.29) is 41.6 Å². The van der Waals surface area contributed by atoms with Crippen LogP contribution in [0.3, 0.4) is 0 Å². The molecule has 1 saturated heterocycles. The van der Waals surface area contributed by atoms with Crippen LogP contribution in [0.5, 0.6) is 28.7 Å². The van der Waals surface area contributed by atoms with E-state index in [9.17, 15) is 20.4 Å². The third-order valence-electron chi connectivity index (χ3n) is 4.90. The van der Waals surface area contributed by atoms with E-state index >= 15 is 0 Å². The van der Waals surface area contributed by atoms with Crippen molar-refractivity contribution < 1.29 is 34.6 Å². The molecule has 1 aliphatic rings. The molecule has 0 saturated carbocycles. The van der Waals surface area contributed by atoms with Crippen LogP contribution in [0.15, 0.2) is 30.3 Å². The highest BCUT2D eigenvalue weighted by Crippen LogP contribution is 2.44. The Balaban J connectivity index is 1.80. The first kappa shape index (κ1) is 19.1. The van der Waals surface area contributed by atoms with Gasteiger partial charge in [0.15, 0.2) is 23.0 Å². The summed E-state index contributed by atoms with van der Waals surface area (Å²) in [5.74, 6) is -0.149. The Morgan fingerprint density at radius 2 is 1.74 bits per heavy atom. The van der Waals surface area contributed by atoms with Gasteiger partial charge in [0, 0.05) is 12.5 Å². The average Bonchev–Trinajstić information content (AvgIpc) is 3.08. The molecule has 0 amide bonds. The molecule has 0 aromatic heterocycles. The number of aromatic hydroxyl groups is 3. The molecule has 3 rings (SSSR count). The molecule has 146 valence electrons. The molecule has 3 atom stereocenters. The van der Waals surface area contributed by atoms with Crippen molar-refractivity contribution in [3.63, 3.8) is 0 Å². The van der Waals surface area contributed by atoms with E-state index in [1.54, 1.807) is 24.3 Å². The van der Waals surface area contributed by atoms with Gasteiger partial charge in [0.2, 0.25) is 5.75 Å². The zero-order valence-electron chi connectivity index (χ0n) is 15.3. The Morgan fingerprint density at radius 3 is 2.41 bits per heavy atom. The van der Waals surface area contributed by atoms with Crippen LogP contribution >= 0.6 is 0 Å². The Kier molecular flexibility index (Phi) is 5.62. The van der Waals surface area contributed by atoms with Gasteiger partial charge in [-0.05, 0) is 48.2 Å². The minimum atomic E-state index is -0.431. The van der Waals surface area contributed by atoms with Crippen molar-refractivity contribution in [1.82, 2.24) is 0 Å². The van der Waals surface area contributed by atoms with Crippen LogP contribution in [0.2, 0.25) is 0 Å². The summed E-state index contributed by atoms with van der Waals surface area (Å²) in [6, 6.07) is 8.17. The number of benzene rings is 2. The van der Waals surface area contributed by atoms with Crippen molar-refractivity contribution in [2.45, 2.75) is 25.0 Å². The maximum absolute atomic E-state index is 9.93. The standard InChI is InChI=1S/C20H24O7/c1-25-17-6-11(3-4-15(17)22)5-14-7-13(10-21)20(27-14)12-8-16(23)19(24)18(9-12)26-2/h3-4,6,8-9,13-14,20-24H,5,7,10H2,1-2H3. The topological polar surface area (TPSA) is 109 Å². The summed E-state index contributed by atoms with van der Waals surface area (Å²) in [5, 5.41) is 39.2. The number of methoxy groups -OCH3 is 2. The van der Waals surface area contributed by atoms with E-state index < -0.39 is 6.10 Å². The van der Waals surface area contributed by atoms with Gasteiger partial charge in [-0.3, -0.25) is 0 Å². The van der Waals surface area contributed by atoms with Gasteiger partial charge >= 0.3 is 0 Å². The second-order valence-electron chi connectivity index (χ2n) is 6.66. The van der Waals surface area contributed by atoms with Gasteiger partial charge in [-0.1, -0.05) is 6.07 Å². The van der Waals surface area contributed by atoms with E-state index in [0.29, 0.717) is 24.2 Å². The SMILES string of the molecule is COc1cc(CC2CC(CO)C(c3cc(O)c(O)c(OC)c3)O2)ccc1O.